The molecule has 120 valence electrons. The molecule has 0 saturated carbocycles. The van der Waals surface area contributed by atoms with Gasteiger partial charge in [0, 0.05) is 5.30 Å². The molecule has 1 atom stereocenters. The molecule has 5 nitrogen and oxygen atoms in total. The largest absolute Gasteiger partial charge is 0.340 e. The van der Waals surface area contributed by atoms with Crippen molar-refractivity contribution in [2.45, 2.75) is 27.7 Å². The Hall–Kier alpha value is -0.440. The van der Waals surface area contributed by atoms with Crippen LogP contribution in [0.3, 0.4) is 0 Å². The Morgan fingerprint density at radius 3 is 1.76 bits per heavy atom. The maximum absolute atomic E-state index is 13.1. The van der Waals surface area contributed by atoms with Gasteiger partial charge in [0.2, 0.25) is 7.37 Å². The van der Waals surface area contributed by atoms with Crippen molar-refractivity contribution in [3.05, 3.63) is 29.8 Å². The lowest BCUT2D eigenvalue weighted by atomic mass is 10.2. The van der Waals surface area contributed by atoms with Crippen molar-refractivity contribution in [1.29, 1.82) is 0 Å². The molecule has 1 rings (SSSR count). The highest BCUT2D eigenvalue weighted by molar-refractivity contribution is 7.78. The minimum Gasteiger partial charge on any atom is -0.325 e. The molecule has 21 heavy (non-hydrogen) atoms. The number of rotatable bonds is 9. The predicted molar refractivity (Wildman–Crippen MR) is 85.8 cm³/mol. The first-order valence-electron chi connectivity index (χ1n) is 7.08. The first-order chi connectivity index (χ1) is 9.89. The van der Waals surface area contributed by atoms with Crippen molar-refractivity contribution >= 4 is 20.3 Å². The third kappa shape index (κ3) is 5.36. The van der Waals surface area contributed by atoms with E-state index in [0.29, 0.717) is 5.30 Å². The number of hydrogen-bond acceptors (Lipinski definition) is 5. The SMILES string of the molecule is CCOP(=O)(CP(=O)(OCC)c1ccc(C)cc1)OCC. The van der Waals surface area contributed by atoms with E-state index in [9.17, 15) is 9.13 Å². The zero-order chi connectivity index (χ0) is 15.9. The van der Waals surface area contributed by atoms with Crippen molar-refractivity contribution in [3.63, 3.8) is 0 Å². The first kappa shape index (κ1) is 18.6. The van der Waals surface area contributed by atoms with Gasteiger partial charge < -0.3 is 13.6 Å². The second kappa shape index (κ2) is 8.26. The monoisotopic (exact) mass is 334 g/mol. The molecule has 1 aromatic carbocycles. The van der Waals surface area contributed by atoms with Gasteiger partial charge in [0.15, 0.2) is 0 Å². The van der Waals surface area contributed by atoms with Gasteiger partial charge in [0.25, 0.3) is 0 Å². The molecule has 0 heterocycles. The Kier molecular flexibility index (Phi) is 7.32. The van der Waals surface area contributed by atoms with E-state index in [0.717, 1.165) is 5.56 Å². The summed E-state index contributed by atoms with van der Waals surface area (Å²) in [7, 11) is -6.72. The maximum Gasteiger partial charge on any atom is 0.340 e. The average molecular weight is 334 g/mol. The third-order valence-electron chi connectivity index (χ3n) is 2.78. The Morgan fingerprint density at radius 1 is 0.857 bits per heavy atom. The normalized spacial score (nSPS) is 14.9. The fraction of sp³-hybridized carbons (Fsp3) is 0.571. The van der Waals surface area contributed by atoms with Gasteiger partial charge in [-0.05, 0) is 39.8 Å². The molecule has 0 saturated heterocycles. The molecular formula is C14H24O5P2. The quantitative estimate of drug-likeness (QED) is 0.635. The van der Waals surface area contributed by atoms with Crippen molar-refractivity contribution in [2.24, 2.45) is 0 Å². The van der Waals surface area contributed by atoms with Crippen LogP contribution < -0.4 is 5.30 Å². The molecule has 0 N–H and O–H groups in total. The maximum atomic E-state index is 13.1. The van der Waals surface area contributed by atoms with Crippen LogP contribution in [0, 0.1) is 6.92 Å². The Balaban J connectivity index is 3.12. The van der Waals surface area contributed by atoms with Gasteiger partial charge in [-0.2, -0.15) is 0 Å². The zero-order valence-electron chi connectivity index (χ0n) is 13.1. The topological polar surface area (TPSA) is 61.8 Å². The lowest BCUT2D eigenvalue weighted by Crippen LogP contribution is -2.13. The molecule has 0 bridgehead atoms. The van der Waals surface area contributed by atoms with Crippen LogP contribution >= 0.6 is 15.0 Å². The van der Waals surface area contributed by atoms with Crippen molar-refractivity contribution in [1.82, 2.24) is 0 Å². The minimum atomic E-state index is -3.44. The molecule has 1 unspecified atom stereocenters. The van der Waals surface area contributed by atoms with Crippen LogP contribution in [-0.2, 0) is 22.7 Å². The van der Waals surface area contributed by atoms with Crippen LogP contribution in [0.1, 0.15) is 26.3 Å². The fourth-order valence-corrected chi connectivity index (χ4v) is 7.41. The van der Waals surface area contributed by atoms with Gasteiger partial charge in [-0.1, -0.05) is 17.7 Å². The fourth-order valence-electron chi connectivity index (χ4n) is 1.92. The molecule has 0 fully saturated rings. The molecule has 0 aliphatic rings. The molecule has 0 spiro atoms. The summed E-state index contributed by atoms with van der Waals surface area (Å²) in [5, 5.41) is 0.537. The number of hydrogen-bond donors (Lipinski definition) is 0. The third-order valence-corrected chi connectivity index (χ3v) is 8.71. The average Bonchev–Trinajstić information content (AvgIpc) is 2.39. The van der Waals surface area contributed by atoms with E-state index in [4.69, 9.17) is 13.6 Å². The van der Waals surface area contributed by atoms with Crippen LogP contribution in [-0.4, -0.2) is 25.7 Å². The predicted octanol–water partition coefficient (Wildman–Crippen LogP) is 4.16. The minimum absolute atomic E-state index is 0.233. The van der Waals surface area contributed by atoms with Gasteiger partial charge in [-0.15, -0.1) is 0 Å². The molecule has 0 aromatic heterocycles. The molecule has 7 heteroatoms. The second-order valence-electron chi connectivity index (χ2n) is 4.51. The lowest BCUT2D eigenvalue weighted by Gasteiger charge is -2.23. The lowest BCUT2D eigenvalue weighted by molar-refractivity contribution is 0.222. The number of aryl methyl sites for hydroxylation is 1. The summed E-state index contributed by atoms with van der Waals surface area (Å²) in [6.07, 6.45) is 0. The summed E-state index contributed by atoms with van der Waals surface area (Å²) in [4.78, 5) is 0. The number of benzene rings is 1. The van der Waals surface area contributed by atoms with Gasteiger partial charge in [-0.25, -0.2) is 0 Å². The second-order valence-corrected chi connectivity index (χ2v) is 9.51. The Morgan fingerprint density at radius 2 is 1.33 bits per heavy atom. The smallest absolute Gasteiger partial charge is 0.325 e. The van der Waals surface area contributed by atoms with Gasteiger partial charge in [0.1, 0.15) is 5.90 Å². The highest BCUT2D eigenvalue weighted by Gasteiger charge is 2.38. The van der Waals surface area contributed by atoms with Gasteiger partial charge >= 0.3 is 7.60 Å². The van der Waals surface area contributed by atoms with E-state index >= 15 is 0 Å². The molecular weight excluding hydrogens is 310 g/mol. The van der Waals surface area contributed by atoms with Crippen LogP contribution in [0.25, 0.3) is 0 Å². The zero-order valence-corrected chi connectivity index (χ0v) is 14.9. The van der Waals surface area contributed by atoms with Crippen LogP contribution in [0.4, 0.5) is 0 Å². The summed E-state index contributed by atoms with van der Waals surface area (Å²) in [6, 6.07) is 7.20. The highest BCUT2D eigenvalue weighted by atomic mass is 31.2. The molecule has 0 amide bonds. The summed E-state index contributed by atoms with van der Waals surface area (Å²) in [5.41, 5.74) is 1.06. The van der Waals surface area contributed by atoms with Crippen molar-refractivity contribution in [3.8, 4) is 0 Å². The molecule has 0 aliphatic carbocycles. The van der Waals surface area contributed by atoms with E-state index < -0.39 is 15.0 Å². The molecule has 0 radical (unpaired) electrons. The Bertz CT molecular complexity index is 517. The van der Waals surface area contributed by atoms with Gasteiger partial charge in [-0.3, -0.25) is 9.13 Å². The standard InChI is InChI=1S/C14H24O5P2/c1-5-17-20(15,14-10-8-13(4)9-11-14)12-21(16,18-6-2)19-7-3/h8-11H,5-7,12H2,1-4H3. The molecule has 0 aliphatic heterocycles. The van der Waals surface area contributed by atoms with E-state index in [2.05, 4.69) is 0 Å². The van der Waals surface area contributed by atoms with Crippen LogP contribution in [0.15, 0.2) is 24.3 Å². The van der Waals surface area contributed by atoms with Crippen LogP contribution in [0.5, 0.6) is 0 Å². The summed E-state index contributed by atoms with van der Waals surface area (Å²) >= 11 is 0. The summed E-state index contributed by atoms with van der Waals surface area (Å²) in [6.45, 7) is 7.89. The van der Waals surface area contributed by atoms with Crippen molar-refractivity contribution in [2.75, 3.05) is 25.7 Å². The van der Waals surface area contributed by atoms with Gasteiger partial charge in [0.05, 0.1) is 19.8 Å². The van der Waals surface area contributed by atoms with E-state index in [1.54, 1.807) is 32.9 Å². The van der Waals surface area contributed by atoms with Crippen LogP contribution in [0.2, 0.25) is 0 Å². The van der Waals surface area contributed by atoms with E-state index in [-0.39, 0.29) is 25.7 Å². The first-order valence-corrected chi connectivity index (χ1v) is 10.6. The van der Waals surface area contributed by atoms with E-state index in [1.165, 1.54) is 0 Å². The van der Waals surface area contributed by atoms with Crippen molar-refractivity contribution < 1.29 is 22.7 Å². The summed E-state index contributed by atoms with van der Waals surface area (Å²) < 4.78 is 41.7. The summed E-state index contributed by atoms with van der Waals surface area (Å²) in [5.74, 6) is -0.238. The Labute approximate surface area is 127 Å². The molecule has 1 aromatic rings. The highest BCUT2D eigenvalue weighted by Crippen LogP contribution is 2.62. The van der Waals surface area contributed by atoms with E-state index in [1.807, 2.05) is 19.1 Å².